The summed E-state index contributed by atoms with van der Waals surface area (Å²) in [5, 5.41) is 10.1. The fraction of sp³-hybridized carbons (Fsp3) is 0.500. The van der Waals surface area contributed by atoms with Crippen molar-refractivity contribution in [1.82, 2.24) is 4.90 Å². The Morgan fingerprint density at radius 3 is 2.79 bits per heavy atom. The summed E-state index contributed by atoms with van der Waals surface area (Å²) in [6.45, 7) is 3.95. The molecule has 1 N–H and O–H groups in total. The lowest BCUT2D eigenvalue weighted by atomic mass is 9.96. The second-order valence-corrected chi connectivity index (χ2v) is 5.85. The number of nitrogens with zero attached hydrogens (tertiary/aromatic N) is 1. The lowest BCUT2D eigenvalue weighted by molar-refractivity contribution is 0.000324. The van der Waals surface area contributed by atoms with Crippen molar-refractivity contribution in [2.45, 2.75) is 38.3 Å². The molecule has 0 saturated carbocycles. The van der Waals surface area contributed by atoms with Crippen molar-refractivity contribution in [1.29, 1.82) is 0 Å². The zero-order valence-electron chi connectivity index (χ0n) is 11.0. The number of aliphatic hydroxyl groups is 1. The highest BCUT2D eigenvalue weighted by atomic mass is 35.5. The minimum Gasteiger partial charge on any atom is -0.388 e. The Bertz CT molecular complexity index is 499. The number of carbonyl (C=O) groups is 1. The molecule has 1 heterocycles. The predicted octanol–water partition coefficient (Wildman–Crippen LogP) is 2.85. The Hall–Kier alpha value is -1.13. The van der Waals surface area contributed by atoms with E-state index in [0.717, 1.165) is 18.9 Å². The van der Waals surface area contributed by atoms with Gasteiger partial charge in [0.25, 0.3) is 5.91 Å². The molecule has 0 spiro atoms. The van der Waals surface area contributed by atoms with Gasteiger partial charge in [0.2, 0.25) is 0 Å². The highest BCUT2D eigenvalue weighted by Gasteiger charge is 2.38. The van der Waals surface area contributed by atoms with Crippen LogP contribution in [-0.4, -0.2) is 34.1 Å². The lowest BCUT2D eigenvalue weighted by Gasteiger charge is -2.33. The Labute approximate surface area is 117 Å². The zero-order valence-corrected chi connectivity index (χ0v) is 11.7. The van der Waals surface area contributed by atoms with Gasteiger partial charge >= 0.3 is 0 Å². The molecular weight excluding hydrogens is 269 g/mol. The number of hydrogen-bond donors (Lipinski definition) is 1. The van der Waals surface area contributed by atoms with E-state index in [2.05, 4.69) is 0 Å². The van der Waals surface area contributed by atoms with Gasteiger partial charge in [-0.2, -0.15) is 0 Å². The summed E-state index contributed by atoms with van der Waals surface area (Å²) >= 11 is 5.61. The van der Waals surface area contributed by atoms with Crippen LogP contribution in [-0.2, 0) is 0 Å². The molecule has 1 aromatic rings. The van der Waals surface area contributed by atoms with Gasteiger partial charge in [-0.05, 0) is 44.9 Å². The molecule has 5 heteroatoms. The highest BCUT2D eigenvalue weighted by Crippen LogP contribution is 2.28. The first kappa shape index (κ1) is 14.3. The van der Waals surface area contributed by atoms with Gasteiger partial charge in [0.05, 0.1) is 16.7 Å². The molecule has 0 bridgehead atoms. The fourth-order valence-corrected chi connectivity index (χ4v) is 2.66. The summed E-state index contributed by atoms with van der Waals surface area (Å²) in [4.78, 5) is 14.0. The van der Waals surface area contributed by atoms with Crippen LogP contribution in [0.15, 0.2) is 18.2 Å². The van der Waals surface area contributed by atoms with Crippen LogP contribution < -0.4 is 0 Å². The van der Waals surface area contributed by atoms with Gasteiger partial charge in [-0.3, -0.25) is 4.79 Å². The largest absolute Gasteiger partial charge is 0.388 e. The van der Waals surface area contributed by atoms with E-state index >= 15 is 0 Å². The van der Waals surface area contributed by atoms with Crippen molar-refractivity contribution >= 4 is 17.5 Å². The predicted molar refractivity (Wildman–Crippen MR) is 71.8 cm³/mol. The number of amides is 1. The van der Waals surface area contributed by atoms with E-state index in [1.165, 1.54) is 12.1 Å². The quantitative estimate of drug-likeness (QED) is 0.908. The van der Waals surface area contributed by atoms with Gasteiger partial charge in [-0.1, -0.05) is 11.6 Å². The Kier molecular flexibility index (Phi) is 3.83. The van der Waals surface area contributed by atoms with E-state index in [1.807, 2.05) is 0 Å². The van der Waals surface area contributed by atoms with Crippen LogP contribution in [0.25, 0.3) is 0 Å². The van der Waals surface area contributed by atoms with Crippen molar-refractivity contribution < 1.29 is 14.3 Å². The zero-order chi connectivity index (χ0) is 14.2. The molecular formula is C14H17ClFNO2. The SMILES string of the molecule is CC(C)(O)C1CCCN1C(=O)c1ccc(Cl)c(F)c1. The van der Waals surface area contributed by atoms with Crippen molar-refractivity contribution in [3.05, 3.63) is 34.6 Å². The first-order valence-corrected chi connectivity index (χ1v) is 6.67. The third-order valence-corrected chi connectivity index (χ3v) is 3.80. The number of likely N-dealkylation sites (tertiary alicyclic amines) is 1. The van der Waals surface area contributed by atoms with E-state index < -0.39 is 11.4 Å². The molecule has 1 aromatic carbocycles. The van der Waals surface area contributed by atoms with Crippen molar-refractivity contribution in [3.63, 3.8) is 0 Å². The summed E-state index contributed by atoms with van der Waals surface area (Å²) in [6.07, 6.45) is 1.60. The molecule has 104 valence electrons. The Morgan fingerprint density at radius 1 is 1.53 bits per heavy atom. The third-order valence-electron chi connectivity index (χ3n) is 3.50. The maximum absolute atomic E-state index is 13.4. The molecule has 1 fully saturated rings. The van der Waals surface area contributed by atoms with Crippen LogP contribution in [0.3, 0.4) is 0 Å². The summed E-state index contributed by atoms with van der Waals surface area (Å²) in [5.41, 5.74) is -0.699. The minimum atomic E-state index is -0.961. The smallest absolute Gasteiger partial charge is 0.254 e. The molecule has 0 radical (unpaired) electrons. The first-order chi connectivity index (χ1) is 8.80. The van der Waals surface area contributed by atoms with Gasteiger partial charge in [0, 0.05) is 12.1 Å². The Morgan fingerprint density at radius 2 is 2.21 bits per heavy atom. The van der Waals surface area contributed by atoms with E-state index in [0.29, 0.717) is 6.54 Å². The molecule has 1 amide bonds. The van der Waals surface area contributed by atoms with Crippen LogP contribution in [0.4, 0.5) is 4.39 Å². The van der Waals surface area contributed by atoms with Crippen LogP contribution in [0, 0.1) is 5.82 Å². The molecule has 3 nitrogen and oxygen atoms in total. The van der Waals surface area contributed by atoms with Gasteiger partial charge < -0.3 is 10.0 Å². The average Bonchev–Trinajstić information content (AvgIpc) is 2.80. The fourth-order valence-electron chi connectivity index (χ4n) is 2.54. The summed E-state index contributed by atoms with van der Waals surface area (Å²) in [7, 11) is 0. The summed E-state index contributed by atoms with van der Waals surface area (Å²) in [5.74, 6) is -0.869. The maximum atomic E-state index is 13.4. The second kappa shape index (κ2) is 5.10. The standard InChI is InChI=1S/C14H17ClFNO2/c1-14(2,19)12-4-3-7-17(12)13(18)9-5-6-10(15)11(16)8-9/h5-6,8,12,19H,3-4,7H2,1-2H3. The third kappa shape index (κ3) is 2.90. The Balaban J connectivity index is 2.26. The minimum absolute atomic E-state index is 0.00277. The second-order valence-electron chi connectivity index (χ2n) is 5.44. The van der Waals surface area contributed by atoms with Crippen molar-refractivity contribution in [3.8, 4) is 0 Å². The molecule has 2 rings (SSSR count). The maximum Gasteiger partial charge on any atom is 0.254 e. The topological polar surface area (TPSA) is 40.5 Å². The summed E-state index contributed by atoms with van der Waals surface area (Å²) in [6, 6.07) is 3.79. The number of benzene rings is 1. The van der Waals surface area contributed by atoms with Crippen molar-refractivity contribution in [2.24, 2.45) is 0 Å². The van der Waals surface area contributed by atoms with Gasteiger partial charge in [0.15, 0.2) is 0 Å². The van der Waals surface area contributed by atoms with Gasteiger partial charge in [0.1, 0.15) is 5.82 Å². The monoisotopic (exact) mass is 285 g/mol. The number of rotatable bonds is 2. The summed E-state index contributed by atoms with van der Waals surface area (Å²) < 4.78 is 13.4. The van der Waals surface area contributed by atoms with E-state index in [-0.39, 0.29) is 22.5 Å². The molecule has 0 aromatic heterocycles. The molecule has 1 aliphatic rings. The van der Waals surface area contributed by atoms with E-state index in [9.17, 15) is 14.3 Å². The average molecular weight is 286 g/mol. The van der Waals surface area contributed by atoms with Crippen LogP contribution in [0.2, 0.25) is 5.02 Å². The van der Waals surface area contributed by atoms with Crippen molar-refractivity contribution in [2.75, 3.05) is 6.54 Å². The molecule has 1 saturated heterocycles. The van der Waals surface area contributed by atoms with Gasteiger partial charge in [-0.15, -0.1) is 0 Å². The molecule has 1 unspecified atom stereocenters. The lowest BCUT2D eigenvalue weighted by Crippen LogP contribution is -2.48. The number of halogens is 2. The number of hydrogen-bond acceptors (Lipinski definition) is 2. The van der Waals surface area contributed by atoms with Crippen LogP contribution in [0.1, 0.15) is 37.0 Å². The van der Waals surface area contributed by atoms with E-state index in [4.69, 9.17) is 11.6 Å². The highest BCUT2D eigenvalue weighted by molar-refractivity contribution is 6.30. The number of carbonyl (C=O) groups excluding carboxylic acids is 1. The van der Waals surface area contributed by atoms with E-state index in [1.54, 1.807) is 18.7 Å². The van der Waals surface area contributed by atoms with Crippen LogP contribution >= 0.6 is 11.6 Å². The normalized spacial score (nSPS) is 19.8. The first-order valence-electron chi connectivity index (χ1n) is 6.29. The van der Waals surface area contributed by atoms with Gasteiger partial charge in [-0.25, -0.2) is 4.39 Å². The molecule has 1 aliphatic heterocycles. The molecule has 19 heavy (non-hydrogen) atoms. The molecule has 0 aliphatic carbocycles. The van der Waals surface area contributed by atoms with Crippen LogP contribution in [0.5, 0.6) is 0 Å². The molecule has 1 atom stereocenters.